The number of carboxylic acid groups (broad SMARTS) is 1. The van der Waals surface area contributed by atoms with E-state index >= 15 is 0 Å². The Labute approximate surface area is 119 Å². The number of sulfonamides is 1. The van der Waals surface area contributed by atoms with E-state index in [9.17, 15) is 18.3 Å². The highest BCUT2D eigenvalue weighted by Crippen LogP contribution is 2.20. The molecular weight excluding hydrogens is 280 g/mol. The van der Waals surface area contributed by atoms with Gasteiger partial charge in [0.1, 0.15) is 0 Å². The van der Waals surface area contributed by atoms with Gasteiger partial charge in [0.05, 0.1) is 10.5 Å². The van der Waals surface area contributed by atoms with Crippen molar-refractivity contribution in [3.8, 4) is 0 Å². The molecule has 112 valence electrons. The molecule has 0 heterocycles. The quantitative estimate of drug-likeness (QED) is 0.637. The van der Waals surface area contributed by atoms with Gasteiger partial charge in [-0.2, -0.15) is 0 Å². The molecule has 0 aliphatic carbocycles. The lowest BCUT2D eigenvalue weighted by atomic mass is 10.1. The van der Waals surface area contributed by atoms with Gasteiger partial charge in [0.15, 0.2) is 0 Å². The number of anilines is 1. The van der Waals surface area contributed by atoms with Crippen LogP contribution in [0.4, 0.5) is 5.69 Å². The molecule has 6 nitrogen and oxygen atoms in total. The van der Waals surface area contributed by atoms with Crippen molar-refractivity contribution in [3.63, 3.8) is 0 Å². The standard InChI is InChI=1S/C13H20N2O4S/c1-3-4-5-8-15-12-7-6-10(20(18,19)14-2)9-11(12)13(16)17/h6-7,9,14-15H,3-5,8H2,1-2H3,(H,16,17). The van der Waals surface area contributed by atoms with E-state index < -0.39 is 16.0 Å². The highest BCUT2D eigenvalue weighted by Gasteiger charge is 2.17. The maximum absolute atomic E-state index is 11.7. The van der Waals surface area contributed by atoms with Crippen LogP contribution in [0.25, 0.3) is 0 Å². The molecule has 0 spiro atoms. The number of hydrogen-bond acceptors (Lipinski definition) is 4. The van der Waals surface area contributed by atoms with Gasteiger partial charge in [-0.1, -0.05) is 19.8 Å². The van der Waals surface area contributed by atoms with Crippen LogP contribution in [0.2, 0.25) is 0 Å². The number of nitrogens with one attached hydrogen (secondary N) is 2. The van der Waals surface area contributed by atoms with Crippen molar-refractivity contribution in [2.75, 3.05) is 18.9 Å². The molecule has 0 bridgehead atoms. The third-order valence-corrected chi connectivity index (χ3v) is 4.31. The lowest BCUT2D eigenvalue weighted by Crippen LogP contribution is -2.19. The van der Waals surface area contributed by atoms with E-state index in [0.717, 1.165) is 25.3 Å². The predicted molar refractivity (Wildman–Crippen MR) is 77.7 cm³/mol. The fraction of sp³-hybridized carbons (Fsp3) is 0.462. The Bertz CT molecular complexity index is 570. The van der Waals surface area contributed by atoms with E-state index in [4.69, 9.17) is 0 Å². The minimum atomic E-state index is -3.64. The first-order valence-electron chi connectivity index (χ1n) is 6.47. The van der Waals surface area contributed by atoms with E-state index in [1.807, 2.05) is 0 Å². The second kappa shape index (κ2) is 7.25. The molecule has 0 amide bonds. The average molecular weight is 300 g/mol. The van der Waals surface area contributed by atoms with Crippen molar-refractivity contribution in [2.45, 2.75) is 31.1 Å². The van der Waals surface area contributed by atoms with E-state index in [1.54, 1.807) is 0 Å². The van der Waals surface area contributed by atoms with E-state index in [0.29, 0.717) is 12.2 Å². The van der Waals surface area contributed by atoms with Gasteiger partial charge < -0.3 is 10.4 Å². The Morgan fingerprint density at radius 2 is 2.00 bits per heavy atom. The number of aromatic carboxylic acids is 1. The normalized spacial score (nSPS) is 11.3. The third kappa shape index (κ3) is 4.21. The molecule has 1 aromatic rings. The van der Waals surface area contributed by atoms with Crippen LogP contribution in [0.3, 0.4) is 0 Å². The van der Waals surface area contributed by atoms with Crippen molar-refractivity contribution in [2.24, 2.45) is 0 Å². The minimum absolute atomic E-state index is 0.0437. The monoisotopic (exact) mass is 300 g/mol. The minimum Gasteiger partial charge on any atom is -0.478 e. The summed E-state index contributed by atoms with van der Waals surface area (Å²) in [4.78, 5) is 11.2. The SMILES string of the molecule is CCCCCNc1ccc(S(=O)(=O)NC)cc1C(=O)O. The second-order valence-electron chi connectivity index (χ2n) is 4.35. The summed E-state index contributed by atoms with van der Waals surface area (Å²) in [7, 11) is -2.36. The molecule has 20 heavy (non-hydrogen) atoms. The molecule has 0 aromatic heterocycles. The largest absolute Gasteiger partial charge is 0.478 e. The highest BCUT2D eigenvalue weighted by atomic mass is 32.2. The number of rotatable bonds is 8. The summed E-state index contributed by atoms with van der Waals surface area (Å²) in [5, 5.41) is 12.2. The average Bonchev–Trinajstić information content (AvgIpc) is 2.43. The summed E-state index contributed by atoms with van der Waals surface area (Å²) in [6, 6.07) is 4.04. The number of carbonyl (C=O) groups is 1. The van der Waals surface area contributed by atoms with Crippen LogP contribution in [0.1, 0.15) is 36.5 Å². The maximum atomic E-state index is 11.7. The molecule has 0 saturated carbocycles. The zero-order chi connectivity index (χ0) is 15.2. The first kappa shape index (κ1) is 16.5. The zero-order valence-electron chi connectivity index (χ0n) is 11.6. The third-order valence-electron chi connectivity index (χ3n) is 2.90. The van der Waals surface area contributed by atoms with Crippen molar-refractivity contribution in [3.05, 3.63) is 23.8 Å². The molecular formula is C13H20N2O4S. The Balaban J connectivity index is 3.00. The topological polar surface area (TPSA) is 95.5 Å². The van der Waals surface area contributed by atoms with Gasteiger partial charge in [0.25, 0.3) is 0 Å². The number of carboxylic acids is 1. The molecule has 1 rings (SSSR count). The molecule has 1 aromatic carbocycles. The van der Waals surface area contributed by atoms with Crippen molar-refractivity contribution in [1.29, 1.82) is 0 Å². The zero-order valence-corrected chi connectivity index (χ0v) is 12.5. The van der Waals surface area contributed by atoms with Gasteiger partial charge in [0, 0.05) is 12.2 Å². The van der Waals surface area contributed by atoms with Gasteiger partial charge in [-0.25, -0.2) is 17.9 Å². The molecule has 0 saturated heterocycles. The van der Waals surface area contributed by atoms with Crippen LogP contribution in [-0.2, 0) is 10.0 Å². The van der Waals surface area contributed by atoms with Crippen molar-refractivity contribution < 1.29 is 18.3 Å². The molecule has 0 aliphatic rings. The van der Waals surface area contributed by atoms with Crippen molar-refractivity contribution >= 4 is 21.7 Å². The molecule has 0 atom stereocenters. The summed E-state index contributed by atoms with van der Waals surface area (Å²) in [5.41, 5.74) is 0.390. The molecule has 0 fully saturated rings. The molecule has 0 unspecified atom stereocenters. The van der Waals surface area contributed by atoms with E-state index in [1.165, 1.54) is 19.2 Å². The van der Waals surface area contributed by atoms with Crippen molar-refractivity contribution in [1.82, 2.24) is 4.72 Å². The molecule has 0 radical (unpaired) electrons. The summed E-state index contributed by atoms with van der Waals surface area (Å²) in [6.07, 6.45) is 3.07. The summed E-state index contributed by atoms with van der Waals surface area (Å²) < 4.78 is 25.5. The van der Waals surface area contributed by atoms with Gasteiger partial charge in [-0.3, -0.25) is 0 Å². The van der Waals surface area contributed by atoms with Gasteiger partial charge >= 0.3 is 5.97 Å². The van der Waals surface area contributed by atoms with Crippen LogP contribution in [0, 0.1) is 0 Å². The van der Waals surface area contributed by atoms with Crippen LogP contribution in [0.5, 0.6) is 0 Å². The van der Waals surface area contributed by atoms with Gasteiger partial charge in [-0.05, 0) is 31.7 Å². The Kier molecular flexibility index (Phi) is 5.97. The maximum Gasteiger partial charge on any atom is 0.337 e. The lowest BCUT2D eigenvalue weighted by Gasteiger charge is -2.11. The number of benzene rings is 1. The summed E-state index contributed by atoms with van der Waals surface area (Å²) >= 11 is 0. The number of unbranched alkanes of at least 4 members (excludes halogenated alkanes) is 2. The Hall–Kier alpha value is -1.60. The van der Waals surface area contributed by atoms with Crippen LogP contribution in [-0.4, -0.2) is 33.1 Å². The summed E-state index contributed by atoms with van der Waals surface area (Å²) in [6.45, 7) is 2.74. The Morgan fingerprint density at radius 3 is 2.55 bits per heavy atom. The van der Waals surface area contributed by atoms with Gasteiger partial charge in [-0.15, -0.1) is 0 Å². The van der Waals surface area contributed by atoms with Gasteiger partial charge in [0.2, 0.25) is 10.0 Å². The van der Waals surface area contributed by atoms with E-state index in [2.05, 4.69) is 17.0 Å². The first-order valence-corrected chi connectivity index (χ1v) is 7.95. The van der Waals surface area contributed by atoms with Crippen LogP contribution >= 0.6 is 0 Å². The Morgan fingerprint density at radius 1 is 1.30 bits per heavy atom. The predicted octanol–water partition coefficient (Wildman–Crippen LogP) is 1.90. The fourth-order valence-corrected chi connectivity index (χ4v) is 2.49. The van der Waals surface area contributed by atoms with E-state index in [-0.39, 0.29) is 10.5 Å². The van der Waals surface area contributed by atoms with Crippen LogP contribution in [0.15, 0.2) is 23.1 Å². The lowest BCUT2D eigenvalue weighted by molar-refractivity contribution is 0.0697. The number of hydrogen-bond donors (Lipinski definition) is 3. The molecule has 0 aliphatic heterocycles. The van der Waals surface area contributed by atoms with Crippen LogP contribution < -0.4 is 10.0 Å². The molecule has 3 N–H and O–H groups in total. The smallest absolute Gasteiger partial charge is 0.337 e. The molecule has 7 heteroatoms. The fourth-order valence-electron chi connectivity index (χ4n) is 1.74. The first-order chi connectivity index (χ1) is 9.42. The second-order valence-corrected chi connectivity index (χ2v) is 6.24. The summed E-state index contributed by atoms with van der Waals surface area (Å²) in [5.74, 6) is -1.16. The highest BCUT2D eigenvalue weighted by molar-refractivity contribution is 7.89.